The lowest BCUT2D eigenvalue weighted by Gasteiger charge is -2.43. The van der Waals surface area contributed by atoms with Gasteiger partial charge in [-0.1, -0.05) is 32.9 Å². The number of ether oxygens (including phenoxy) is 1. The molecule has 2 atom stereocenters. The molecule has 2 nitrogen and oxygen atoms in total. The zero-order chi connectivity index (χ0) is 11.3. The van der Waals surface area contributed by atoms with Crippen molar-refractivity contribution in [1.29, 1.82) is 0 Å². The number of hydrogen-bond donors (Lipinski definition) is 0. The van der Waals surface area contributed by atoms with Crippen LogP contribution in [-0.2, 0) is 4.74 Å². The van der Waals surface area contributed by atoms with Crippen molar-refractivity contribution in [2.45, 2.75) is 45.3 Å². The van der Waals surface area contributed by atoms with E-state index in [1.54, 1.807) is 0 Å². The topological polar surface area (TPSA) is 12.5 Å². The van der Waals surface area contributed by atoms with Gasteiger partial charge in [0.25, 0.3) is 0 Å². The minimum atomic E-state index is 0.296. The van der Waals surface area contributed by atoms with Gasteiger partial charge in [-0.25, -0.2) is 0 Å². The molecule has 0 aromatic heterocycles. The maximum absolute atomic E-state index is 5.53. The summed E-state index contributed by atoms with van der Waals surface area (Å²) in [4.78, 5) is 2.59. The first-order valence-electron chi connectivity index (χ1n) is 5.83. The first-order valence-corrected chi connectivity index (χ1v) is 5.83. The largest absolute Gasteiger partial charge is 0.380 e. The summed E-state index contributed by atoms with van der Waals surface area (Å²) in [6.07, 6.45) is 2.72. The molecule has 15 heavy (non-hydrogen) atoms. The Kier molecular flexibility index (Phi) is 2.47. The van der Waals surface area contributed by atoms with Crippen molar-refractivity contribution >= 4 is 0 Å². The van der Waals surface area contributed by atoms with Crippen LogP contribution in [0.3, 0.4) is 0 Å². The van der Waals surface area contributed by atoms with E-state index in [-0.39, 0.29) is 0 Å². The highest BCUT2D eigenvalue weighted by atomic mass is 16.5. The summed E-state index contributed by atoms with van der Waals surface area (Å²) in [5, 5.41) is 0. The van der Waals surface area contributed by atoms with Gasteiger partial charge in [0.05, 0.1) is 6.10 Å². The second-order valence-corrected chi connectivity index (χ2v) is 6.15. The predicted octanol–water partition coefficient (Wildman–Crippen LogP) is 2.45. The van der Waals surface area contributed by atoms with Crippen LogP contribution in [0.1, 0.15) is 33.6 Å². The Morgan fingerprint density at radius 2 is 2.13 bits per heavy atom. The van der Waals surface area contributed by atoms with Crippen LogP contribution in [0.25, 0.3) is 0 Å². The Morgan fingerprint density at radius 1 is 1.47 bits per heavy atom. The molecule has 0 aromatic rings. The second-order valence-electron chi connectivity index (χ2n) is 6.15. The molecule has 0 N–H and O–H groups in total. The molecule has 2 fully saturated rings. The molecule has 0 aliphatic carbocycles. The van der Waals surface area contributed by atoms with Crippen LogP contribution in [0.5, 0.6) is 0 Å². The first kappa shape index (κ1) is 11.2. The van der Waals surface area contributed by atoms with Gasteiger partial charge in [-0.2, -0.15) is 0 Å². The number of rotatable bonds is 1. The Hall–Kier alpha value is -0.340. The van der Waals surface area contributed by atoms with E-state index in [2.05, 4.69) is 32.3 Å². The number of fused-ring (bicyclic) bond motifs is 1. The first-order chi connectivity index (χ1) is 6.89. The molecule has 2 aliphatic heterocycles. The highest BCUT2D eigenvalue weighted by Gasteiger charge is 2.55. The van der Waals surface area contributed by atoms with Crippen molar-refractivity contribution in [2.24, 2.45) is 5.41 Å². The highest BCUT2D eigenvalue weighted by molar-refractivity contribution is 5.22. The normalized spacial score (nSPS) is 37.3. The van der Waals surface area contributed by atoms with E-state index >= 15 is 0 Å². The van der Waals surface area contributed by atoms with E-state index in [1.165, 1.54) is 5.57 Å². The summed E-state index contributed by atoms with van der Waals surface area (Å²) >= 11 is 0. The number of hydrogen-bond acceptors (Lipinski definition) is 2. The van der Waals surface area contributed by atoms with Gasteiger partial charge in [-0.3, -0.25) is 4.90 Å². The van der Waals surface area contributed by atoms with E-state index < -0.39 is 0 Å². The SMILES string of the molecule is C=C1CN2C[C@@H](OC)CC2(C(C)(C)C)C1. The lowest BCUT2D eigenvalue weighted by atomic mass is 9.70. The molecule has 1 unspecified atom stereocenters. The fraction of sp³-hybridized carbons (Fsp3) is 0.846. The molecule has 0 bridgehead atoms. The standard InChI is InChI=1S/C13H23NO/c1-10-6-13(12(2,3)4)7-11(15-5)9-14(13)8-10/h11H,1,6-9H2,2-5H3/t11-,13?/m0/s1. The average Bonchev–Trinajstić information content (AvgIpc) is 2.55. The smallest absolute Gasteiger partial charge is 0.0716 e. The molecule has 2 aliphatic rings. The van der Waals surface area contributed by atoms with Crippen molar-refractivity contribution in [3.63, 3.8) is 0 Å². The molecule has 0 aromatic carbocycles. The van der Waals surface area contributed by atoms with Crippen LogP contribution >= 0.6 is 0 Å². The summed E-state index contributed by atoms with van der Waals surface area (Å²) < 4.78 is 5.53. The van der Waals surface area contributed by atoms with Crippen LogP contribution in [0, 0.1) is 5.41 Å². The monoisotopic (exact) mass is 209 g/mol. The van der Waals surface area contributed by atoms with Gasteiger partial charge in [-0.15, -0.1) is 0 Å². The van der Waals surface area contributed by atoms with Crippen molar-refractivity contribution < 1.29 is 4.74 Å². The third-order valence-corrected chi connectivity index (χ3v) is 4.28. The molecule has 2 heterocycles. The summed E-state index contributed by atoms with van der Waals surface area (Å²) in [6.45, 7) is 13.3. The molecule has 0 spiro atoms. The molecule has 2 rings (SSSR count). The van der Waals surface area contributed by atoms with Crippen LogP contribution in [0.15, 0.2) is 12.2 Å². The zero-order valence-electron chi connectivity index (χ0n) is 10.5. The minimum Gasteiger partial charge on any atom is -0.380 e. The van der Waals surface area contributed by atoms with Gasteiger partial charge >= 0.3 is 0 Å². The fourth-order valence-electron chi connectivity index (χ4n) is 3.33. The van der Waals surface area contributed by atoms with Crippen LogP contribution in [0.4, 0.5) is 0 Å². The quantitative estimate of drug-likeness (QED) is 0.615. The predicted molar refractivity (Wildman–Crippen MR) is 62.9 cm³/mol. The molecule has 2 saturated heterocycles. The van der Waals surface area contributed by atoms with E-state index in [9.17, 15) is 0 Å². The lowest BCUT2D eigenvalue weighted by molar-refractivity contribution is 0.0613. The van der Waals surface area contributed by atoms with Gasteiger partial charge in [-0.05, 0) is 18.3 Å². The molecular formula is C13H23NO. The fourth-order valence-corrected chi connectivity index (χ4v) is 3.33. The molecule has 0 amide bonds. The van der Waals surface area contributed by atoms with Gasteiger partial charge in [0.2, 0.25) is 0 Å². The van der Waals surface area contributed by atoms with E-state index in [4.69, 9.17) is 4.74 Å². The summed E-state index contributed by atoms with van der Waals surface area (Å²) in [6, 6.07) is 0. The minimum absolute atomic E-state index is 0.296. The average molecular weight is 209 g/mol. The van der Waals surface area contributed by atoms with Crippen molar-refractivity contribution in [3.05, 3.63) is 12.2 Å². The van der Waals surface area contributed by atoms with Crippen LogP contribution < -0.4 is 0 Å². The van der Waals surface area contributed by atoms with Gasteiger partial charge in [0.1, 0.15) is 0 Å². The molecule has 2 heteroatoms. The van der Waals surface area contributed by atoms with Crippen LogP contribution in [-0.4, -0.2) is 36.7 Å². The second kappa shape index (κ2) is 3.33. The van der Waals surface area contributed by atoms with E-state index in [0.29, 0.717) is 17.1 Å². The molecule has 86 valence electrons. The van der Waals surface area contributed by atoms with Crippen molar-refractivity contribution in [2.75, 3.05) is 20.2 Å². The molecular weight excluding hydrogens is 186 g/mol. The Bertz CT molecular complexity index is 279. The van der Waals surface area contributed by atoms with E-state index in [0.717, 1.165) is 25.9 Å². The molecule has 0 radical (unpaired) electrons. The maximum Gasteiger partial charge on any atom is 0.0716 e. The maximum atomic E-state index is 5.53. The third-order valence-electron chi connectivity index (χ3n) is 4.28. The number of nitrogens with zero attached hydrogens (tertiary/aromatic N) is 1. The summed E-state index contributed by atoms with van der Waals surface area (Å²) in [5.41, 5.74) is 1.99. The van der Waals surface area contributed by atoms with E-state index in [1.807, 2.05) is 7.11 Å². The Balaban J connectivity index is 2.29. The molecule has 0 saturated carbocycles. The summed E-state index contributed by atoms with van der Waals surface area (Å²) in [7, 11) is 1.83. The zero-order valence-corrected chi connectivity index (χ0v) is 10.5. The van der Waals surface area contributed by atoms with Gasteiger partial charge in [0, 0.05) is 25.7 Å². The van der Waals surface area contributed by atoms with Gasteiger partial charge in [0.15, 0.2) is 0 Å². The van der Waals surface area contributed by atoms with Crippen molar-refractivity contribution in [3.8, 4) is 0 Å². The Morgan fingerprint density at radius 3 is 2.60 bits per heavy atom. The van der Waals surface area contributed by atoms with Crippen LogP contribution in [0.2, 0.25) is 0 Å². The number of methoxy groups -OCH3 is 1. The van der Waals surface area contributed by atoms with Crippen molar-refractivity contribution in [1.82, 2.24) is 4.90 Å². The van der Waals surface area contributed by atoms with Gasteiger partial charge < -0.3 is 4.74 Å². The lowest BCUT2D eigenvalue weighted by Crippen LogP contribution is -2.48. The third kappa shape index (κ3) is 1.55. The summed E-state index contributed by atoms with van der Waals surface area (Å²) in [5.74, 6) is 0. The Labute approximate surface area is 93.3 Å². The highest BCUT2D eigenvalue weighted by Crippen LogP contribution is 2.51.